The van der Waals surface area contributed by atoms with Crippen LogP contribution >= 0.6 is 0 Å². The number of nitrogens with two attached hydrogens (primary N) is 1. The van der Waals surface area contributed by atoms with Crippen LogP contribution < -0.4 is 5.73 Å². The van der Waals surface area contributed by atoms with Gasteiger partial charge in [0.1, 0.15) is 6.04 Å². The maximum absolute atomic E-state index is 10.6. The number of amides is 1. The van der Waals surface area contributed by atoms with E-state index in [0.717, 1.165) is 0 Å². The summed E-state index contributed by atoms with van der Waals surface area (Å²) in [5.74, 6) is -0.0518. The summed E-state index contributed by atoms with van der Waals surface area (Å²) in [5.41, 5.74) is 5.27. The molecular weight excluding hydrogens is 120 g/mol. The van der Waals surface area contributed by atoms with Crippen molar-refractivity contribution in [2.75, 3.05) is 19.7 Å². The van der Waals surface area contributed by atoms with E-state index in [0.29, 0.717) is 13.1 Å². The van der Waals surface area contributed by atoms with E-state index in [4.69, 9.17) is 10.8 Å². The van der Waals surface area contributed by atoms with E-state index in [1.807, 2.05) is 0 Å². The molecule has 0 aromatic rings. The first kappa shape index (κ1) is 6.51. The maximum Gasteiger partial charge on any atom is 0.241 e. The number of carbonyl (C=O) groups is 1. The van der Waals surface area contributed by atoms with Crippen LogP contribution in [0.5, 0.6) is 0 Å². The molecule has 1 fully saturated rings. The molecule has 4 heteroatoms. The van der Waals surface area contributed by atoms with Gasteiger partial charge in [0, 0.05) is 13.1 Å². The van der Waals surface area contributed by atoms with Crippen LogP contribution in [0.4, 0.5) is 0 Å². The lowest BCUT2D eigenvalue weighted by molar-refractivity contribution is -0.142. The van der Waals surface area contributed by atoms with Crippen LogP contribution in [0.3, 0.4) is 0 Å². The number of aliphatic hydroxyl groups excluding tert-OH is 1. The Hall–Kier alpha value is -0.610. The van der Waals surface area contributed by atoms with Crippen molar-refractivity contribution in [3.05, 3.63) is 0 Å². The van der Waals surface area contributed by atoms with E-state index in [2.05, 4.69) is 0 Å². The number of rotatable bonds is 2. The molecule has 0 spiro atoms. The summed E-state index contributed by atoms with van der Waals surface area (Å²) < 4.78 is 0. The molecular formula is C5H10N2O2. The van der Waals surface area contributed by atoms with E-state index in [-0.39, 0.29) is 18.6 Å². The van der Waals surface area contributed by atoms with Gasteiger partial charge in [0.25, 0.3) is 0 Å². The maximum atomic E-state index is 10.6. The van der Waals surface area contributed by atoms with Crippen LogP contribution in [0.25, 0.3) is 0 Å². The molecule has 0 saturated carbocycles. The fraction of sp³-hybridized carbons (Fsp3) is 0.800. The minimum atomic E-state index is -0.309. The minimum Gasteiger partial charge on any atom is -0.395 e. The number of carbonyl (C=O) groups excluding carboxylic acids is 1. The predicted octanol–water partition coefficient (Wildman–Crippen LogP) is -1.85. The molecule has 1 saturated heterocycles. The number of aliphatic hydroxyl groups is 1. The van der Waals surface area contributed by atoms with Gasteiger partial charge in [-0.25, -0.2) is 0 Å². The molecule has 1 aliphatic heterocycles. The van der Waals surface area contributed by atoms with Crippen molar-refractivity contribution in [1.82, 2.24) is 4.90 Å². The highest BCUT2D eigenvalue weighted by molar-refractivity contribution is 5.87. The van der Waals surface area contributed by atoms with Crippen molar-refractivity contribution in [3.63, 3.8) is 0 Å². The Bertz CT molecular complexity index is 124. The van der Waals surface area contributed by atoms with Crippen LogP contribution in [0, 0.1) is 0 Å². The Kier molecular flexibility index (Phi) is 1.68. The van der Waals surface area contributed by atoms with E-state index in [1.54, 1.807) is 0 Å². The molecule has 0 aromatic heterocycles. The number of hydrogen-bond acceptors (Lipinski definition) is 3. The lowest BCUT2D eigenvalue weighted by atomic mass is 10.1. The Morgan fingerprint density at radius 3 is 2.89 bits per heavy atom. The van der Waals surface area contributed by atoms with Crippen molar-refractivity contribution >= 4 is 5.91 Å². The molecule has 1 rings (SSSR count). The largest absolute Gasteiger partial charge is 0.395 e. The van der Waals surface area contributed by atoms with E-state index < -0.39 is 0 Å². The summed E-state index contributed by atoms with van der Waals surface area (Å²) in [7, 11) is 0. The molecule has 1 heterocycles. The zero-order chi connectivity index (χ0) is 6.85. The average molecular weight is 130 g/mol. The van der Waals surface area contributed by atoms with E-state index in [1.165, 1.54) is 4.90 Å². The van der Waals surface area contributed by atoms with Gasteiger partial charge in [-0.3, -0.25) is 4.79 Å². The first-order chi connectivity index (χ1) is 4.25. The standard InChI is InChI=1S/C5H10N2O2/c6-4-3-7(1-2-8)5(4)9/h4,8H,1-3,6H2. The van der Waals surface area contributed by atoms with Crippen LogP contribution in [-0.4, -0.2) is 41.7 Å². The van der Waals surface area contributed by atoms with Crippen molar-refractivity contribution in [2.24, 2.45) is 5.73 Å². The molecule has 0 aromatic carbocycles. The third-order valence-electron chi connectivity index (χ3n) is 1.42. The van der Waals surface area contributed by atoms with Crippen molar-refractivity contribution < 1.29 is 9.90 Å². The van der Waals surface area contributed by atoms with Gasteiger partial charge >= 0.3 is 0 Å². The van der Waals surface area contributed by atoms with Crippen LogP contribution in [0.15, 0.2) is 0 Å². The molecule has 0 aliphatic carbocycles. The average Bonchev–Trinajstić information content (AvgIpc) is 1.88. The SMILES string of the molecule is NC1CN(CCO)C1=O. The molecule has 1 aliphatic rings. The van der Waals surface area contributed by atoms with Crippen LogP contribution in [0.2, 0.25) is 0 Å². The summed E-state index contributed by atoms with van der Waals surface area (Å²) in [5, 5.41) is 8.37. The molecule has 4 nitrogen and oxygen atoms in total. The highest BCUT2D eigenvalue weighted by Gasteiger charge is 2.32. The normalized spacial score (nSPS) is 26.2. The first-order valence-corrected chi connectivity index (χ1v) is 2.91. The second-order valence-corrected chi connectivity index (χ2v) is 2.11. The van der Waals surface area contributed by atoms with Gasteiger partial charge in [-0.1, -0.05) is 0 Å². The van der Waals surface area contributed by atoms with Gasteiger partial charge in [-0.05, 0) is 0 Å². The third kappa shape index (κ3) is 1.04. The number of likely N-dealkylation sites (tertiary alicyclic amines) is 1. The van der Waals surface area contributed by atoms with E-state index in [9.17, 15) is 4.79 Å². The van der Waals surface area contributed by atoms with Crippen LogP contribution in [-0.2, 0) is 4.79 Å². The predicted molar refractivity (Wildman–Crippen MR) is 31.6 cm³/mol. The van der Waals surface area contributed by atoms with E-state index >= 15 is 0 Å². The van der Waals surface area contributed by atoms with Gasteiger partial charge in [0.05, 0.1) is 6.61 Å². The zero-order valence-corrected chi connectivity index (χ0v) is 5.08. The van der Waals surface area contributed by atoms with Gasteiger partial charge in [0.2, 0.25) is 5.91 Å². The summed E-state index contributed by atoms with van der Waals surface area (Å²) in [6.45, 7) is 1.05. The highest BCUT2D eigenvalue weighted by Crippen LogP contribution is 2.05. The van der Waals surface area contributed by atoms with Gasteiger partial charge < -0.3 is 15.7 Å². The first-order valence-electron chi connectivity index (χ1n) is 2.91. The molecule has 52 valence electrons. The molecule has 3 N–H and O–H groups in total. The summed E-state index contributed by atoms with van der Waals surface area (Å²) in [6, 6.07) is -0.309. The van der Waals surface area contributed by atoms with Crippen molar-refractivity contribution in [3.8, 4) is 0 Å². The number of β-lactam (4-membered cyclic amide) rings is 1. The second-order valence-electron chi connectivity index (χ2n) is 2.11. The molecule has 0 radical (unpaired) electrons. The summed E-state index contributed by atoms with van der Waals surface area (Å²) in [6.07, 6.45) is 0. The number of hydrogen-bond donors (Lipinski definition) is 2. The lowest BCUT2D eigenvalue weighted by Gasteiger charge is -2.35. The third-order valence-corrected chi connectivity index (χ3v) is 1.42. The summed E-state index contributed by atoms with van der Waals surface area (Å²) >= 11 is 0. The molecule has 1 amide bonds. The fourth-order valence-corrected chi connectivity index (χ4v) is 0.850. The number of nitrogens with zero attached hydrogens (tertiary/aromatic N) is 1. The Balaban J connectivity index is 2.25. The number of β-amino-alcohol motifs (C(OH)–C–C–N with tert-alkyl or cyclic N) is 1. The topological polar surface area (TPSA) is 66.6 Å². The van der Waals surface area contributed by atoms with Crippen LogP contribution in [0.1, 0.15) is 0 Å². The van der Waals surface area contributed by atoms with Crippen molar-refractivity contribution in [1.29, 1.82) is 0 Å². The Labute approximate surface area is 53.2 Å². The smallest absolute Gasteiger partial charge is 0.241 e. The lowest BCUT2D eigenvalue weighted by Crippen LogP contribution is -2.61. The van der Waals surface area contributed by atoms with Gasteiger partial charge in [-0.2, -0.15) is 0 Å². The molecule has 1 atom stereocenters. The Morgan fingerprint density at radius 1 is 1.89 bits per heavy atom. The highest BCUT2D eigenvalue weighted by atomic mass is 16.3. The van der Waals surface area contributed by atoms with Gasteiger partial charge in [0.15, 0.2) is 0 Å². The molecule has 1 unspecified atom stereocenters. The fourth-order valence-electron chi connectivity index (χ4n) is 0.850. The minimum absolute atomic E-state index is 0.0262. The quantitative estimate of drug-likeness (QED) is 0.431. The van der Waals surface area contributed by atoms with Crippen molar-refractivity contribution in [2.45, 2.75) is 6.04 Å². The summed E-state index contributed by atoms with van der Waals surface area (Å²) in [4.78, 5) is 12.2. The monoisotopic (exact) mass is 130 g/mol. The zero-order valence-electron chi connectivity index (χ0n) is 5.08. The Morgan fingerprint density at radius 2 is 2.56 bits per heavy atom. The van der Waals surface area contributed by atoms with Gasteiger partial charge in [-0.15, -0.1) is 0 Å². The molecule has 0 bridgehead atoms. The second kappa shape index (κ2) is 2.33. The molecule has 9 heavy (non-hydrogen) atoms.